The van der Waals surface area contributed by atoms with Gasteiger partial charge in [-0.3, -0.25) is 0 Å². The summed E-state index contributed by atoms with van der Waals surface area (Å²) in [6, 6.07) is 1.64. The third kappa shape index (κ3) is 5.00. The molecule has 144 valence electrons. The Morgan fingerprint density at radius 1 is 1.35 bits per heavy atom. The summed E-state index contributed by atoms with van der Waals surface area (Å²) < 4.78 is 10.6. The normalized spacial score (nSPS) is 17.8. The number of amides is 1. The van der Waals surface area contributed by atoms with Crippen LogP contribution in [0.25, 0.3) is 0 Å². The Labute approximate surface area is 159 Å². The number of carbonyl (C=O) groups is 2. The fourth-order valence-electron chi connectivity index (χ4n) is 2.83. The minimum absolute atomic E-state index is 0.0251. The smallest absolute Gasteiger partial charge is 0.410 e. The Morgan fingerprint density at radius 3 is 2.62 bits per heavy atom. The first kappa shape index (κ1) is 20.3. The van der Waals surface area contributed by atoms with E-state index in [0.717, 1.165) is 0 Å². The third-order valence-corrected chi connectivity index (χ3v) is 4.14. The van der Waals surface area contributed by atoms with Crippen LogP contribution >= 0.6 is 11.6 Å². The molecule has 26 heavy (non-hydrogen) atoms. The maximum atomic E-state index is 12.3. The molecule has 1 aromatic heterocycles. The monoisotopic (exact) mass is 383 g/mol. The van der Waals surface area contributed by atoms with Crippen molar-refractivity contribution in [2.75, 3.05) is 31.1 Å². The summed E-state index contributed by atoms with van der Waals surface area (Å²) >= 11 is 6.04. The van der Waals surface area contributed by atoms with Crippen LogP contribution in [0.2, 0.25) is 5.15 Å². The number of hydrogen-bond acceptors (Lipinski definition) is 6. The molecule has 1 amide bonds. The number of piperazine rings is 1. The molecule has 8 heteroatoms. The molecule has 0 bridgehead atoms. The molecule has 1 saturated heterocycles. The number of anilines is 1. The largest absolute Gasteiger partial charge is 0.462 e. The van der Waals surface area contributed by atoms with Crippen LogP contribution in [-0.4, -0.2) is 59.8 Å². The van der Waals surface area contributed by atoms with Crippen molar-refractivity contribution in [3.05, 3.63) is 23.0 Å². The summed E-state index contributed by atoms with van der Waals surface area (Å²) in [5, 5.41) is 0.301. The van der Waals surface area contributed by atoms with E-state index in [1.807, 2.05) is 32.6 Å². The van der Waals surface area contributed by atoms with Crippen molar-refractivity contribution in [2.24, 2.45) is 0 Å². The van der Waals surface area contributed by atoms with Gasteiger partial charge in [-0.2, -0.15) is 0 Å². The van der Waals surface area contributed by atoms with Gasteiger partial charge in [-0.05, 0) is 40.7 Å². The van der Waals surface area contributed by atoms with Crippen LogP contribution in [0.15, 0.2) is 12.3 Å². The van der Waals surface area contributed by atoms with Crippen molar-refractivity contribution < 1.29 is 19.1 Å². The molecule has 1 atom stereocenters. The van der Waals surface area contributed by atoms with E-state index in [1.54, 1.807) is 17.9 Å². The zero-order valence-electron chi connectivity index (χ0n) is 15.9. The van der Waals surface area contributed by atoms with Gasteiger partial charge >= 0.3 is 12.1 Å². The lowest BCUT2D eigenvalue weighted by Crippen LogP contribution is -2.55. The predicted molar refractivity (Wildman–Crippen MR) is 99.8 cm³/mol. The van der Waals surface area contributed by atoms with Gasteiger partial charge < -0.3 is 19.3 Å². The zero-order chi connectivity index (χ0) is 19.5. The van der Waals surface area contributed by atoms with Crippen LogP contribution < -0.4 is 4.90 Å². The van der Waals surface area contributed by atoms with Gasteiger partial charge in [0.05, 0.1) is 12.3 Å². The van der Waals surface area contributed by atoms with E-state index in [2.05, 4.69) is 4.98 Å². The van der Waals surface area contributed by atoms with Crippen LogP contribution in [0.4, 0.5) is 10.5 Å². The van der Waals surface area contributed by atoms with Gasteiger partial charge in [-0.25, -0.2) is 14.6 Å². The summed E-state index contributed by atoms with van der Waals surface area (Å²) in [4.78, 5) is 32.3. The van der Waals surface area contributed by atoms with E-state index in [4.69, 9.17) is 21.1 Å². The fraction of sp³-hybridized carbons (Fsp3) is 0.611. The Kier molecular flexibility index (Phi) is 6.34. The second-order valence-corrected chi connectivity index (χ2v) is 7.60. The second kappa shape index (κ2) is 8.12. The maximum absolute atomic E-state index is 12.3. The number of nitrogens with zero attached hydrogens (tertiary/aromatic N) is 3. The minimum atomic E-state index is -0.535. The molecule has 1 fully saturated rings. The molecule has 1 aliphatic heterocycles. The number of hydrogen-bond donors (Lipinski definition) is 0. The van der Waals surface area contributed by atoms with Crippen LogP contribution in [0.5, 0.6) is 0 Å². The number of pyridine rings is 1. The molecule has 0 radical (unpaired) electrons. The second-order valence-electron chi connectivity index (χ2n) is 7.21. The SMILES string of the molecule is CCOC(=O)c1cnc(Cl)cc1N1CCN(C(=O)OC(C)(C)C)C[C@H]1C. The number of aromatic nitrogens is 1. The van der Waals surface area contributed by atoms with Crippen LogP contribution in [0.1, 0.15) is 45.0 Å². The molecule has 0 N–H and O–H groups in total. The molecule has 1 aromatic rings. The topological polar surface area (TPSA) is 72.0 Å². The van der Waals surface area contributed by atoms with E-state index in [9.17, 15) is 9.59 Å². The zero-order valence-corrected chi connectivity index (χ0v) is 16.7. The lowest BCUT2D eigenvalue weighted by atomic mass is 10.1. The van der Waals surface area contributed by atoms with Crippen molar-refractivity contribution in [3.63, 3.8) is 0 Å². The predicted octanol–water partition coefficient (Wildman–Crippen LogP) is 3.36. The molecule has 7 nitrogen and oxygen atoms in total. The van der Waals surface area contributed by atoms with E-state index in [-0.39, 0.29) is 18.7 Å². The highest BCUT2D eigenvalue weighted by Crippen LogP contribution is 2.28. The van der Waals surface area contributed by atoms with Gasteiger partial charge in [0.15, 0.2) is 0 Å². The summed E-state index contributed by atoms with van der Waals surface area (Å²) in [6.45, 7) is 11.1. The molecule has 2 rings (SSSR count). The van der Waals surface area contributed by atoms with Crippen molar-refractivity contribution >= 4 is 29.4 Å². The Hall–Kier alpha value is -2.02. The molecule has 0 aromatic carbocycles. The standard InChI is InChI=1S/C18H26ClN3O4/c1-6-25-16(23)13-10-20-15(19)9-14(13)22-8-7-21(11-12(22)2)17(24)26-18(3,4)5/h9-10,12H,6-8,11H2,1-5H3/t12-/m1/s1. The summed E-state index contributed by atoms with van der Waals surface area (Å²) in [7, 11) is 0. The van der Waals surface area contributed by atoms with E-state index >= 15 is 0 Å². The van der Waals surface area contributed by atoms with Gasteiger partial charge in [0.1, 0.15) is 16.3 Å². The van der Waals surface area contributed by atoms with Crippen molar-refractivity contribution in [3.8, 4) is 0 Å². The van der Waals surface area contributed by atoms with Crippen molar-refractivity contribution in [1.82, 2.24) is 9.88 Å². The average Bonchev–Trinajstić information content (AvgIpc) is 2.53. The van der Waals surface area contributed by atoms with E-state index < -0.39 is 11.6 Å². The Bertz CT molecular complexity index is 675. The maximum Gasteiger partial charge on any atom is 0.410 e. The number of ether oxygens (including phenoxy) is 2. The first-order chi connectivity index (χ1) is 12.1. The highest BCUT2D eigenvalue weighted by molar-refractivity contribution is 6.29. The van der Waals surface area contributed by atoms with Gasteiger partial charge in [0.25, 0.3) is 0 Å². The quantitative estimate of drug-likeness (QED) is 0.588. The van der Waals surface area contributed by atoms with Crippen LogP contribution in [0.3, 0.4) is 0 Å². The van der Waals surface area contributed by atoms with E-state index in [0.29, 0.717) is 36.0 Å². The Morgan fingerprint density at radius 2 is 2.04 bits per heavy atom. The first-order valence-electron chi connectivity index (χ1n) is 8.69. The van der Waals surface area contributed by atoms with Crippen LogP contribution in [-0.2, 0) is 9.47 Å². The molecular weight excluding hydrogens is 358 g/mol. The lowest BCUT2D eigenvalue weighted by molar-refractivity contribution is 0.0217. The Balaban J connectivity index is 2.18. The number of carbonyl (C=O) groups excluding carboxylic acids is 2. The number of esters is 1. The highest BCUT2D eigenvalue weighted by atomic mass is 35.5. The van der Waals surface area contributed by atoms with Gasteiger partial charge in [0.2, 0.25) is 0 Å². The molecule has 0 spiro atoms. The van der Waals surface area contributed by atoms with Gasteiger partial charge in [0, 0.05) is 31.9 Å². The third-order valence-electron chi connectivity index (χ3n) is 3.93. The molecular formula is C18H26ClN3O4. The van der Waals surface area contributed by atoms with E-state index in [1.165, 1.54) is 6.20 Å². The molecule has 0 unspecified atom stereocenters. The lowest BCUT2D eigenvalue weighted by Gasteiger charge is -2.41. The summed E-state index contributed by atoms with van der Waals surface area (Å²) in [5.74, 6) is -0.437. The highest BCUT2D eigenvalue weighted by Gasteiger charge is 2.32. The number of rotatable bonds is 3. The molecule has 2 heterocycles. The summed E-state index contributed by atoms with van der Waals surface area (Å²) in [5.41, 5.74) is 0.501. The van der Waals surface area contributed by atoms with Crippen LogP contribution in [0, 0.1) is 0 Å². The minimum Gasteiger partial charge on any atom is -0.462 e. The van der Waals surface area contributed by atoms with Gasteiger partial charge in [-0.15, -0.1) is 0 Å². The van der Waals surface area contributed by atoms with Crippen molar-refractivity contribution in [2.45, 2.75) is 46.3 Å². The molecule has 0 aliphatic carbocycles. The summed E-state index contributed by atoms with van der Waals surface area (Å²) in [6.07, 6.45) is 1.10. The first-order valence-corrected chi connectivity index (χ1v) is 9.07. The molecule has 0 saturated carbocycles. The average molecular weight is 384 g/mol. The van der Waals surface area contributed by atoms with Crippen molar-refractivity contribution in [1.29, 1.82) is 0 Å². The van der Waals surface area contributed by atoms with Gasteiger partial charge in [-0.1, -0.05) is 11.6 Å². The fourth-order valence-corrected chi connectivity index (χ4v) is 2.98. The molecule has 1 aliphatic rings. The number of halogens is 1.